The van der Waals surface area contributed by atoms with E-state index in [0.717, 1.165) is 35.5 Å². The summed E-state index contributed by atoms with van der Waals surface area (Å²) in [5.74, 6) is 0.827. The van der Waals surface area contributed by atoms with Gasteiger partial charge in [-0.1, -0.05) is 37.3 Å². The highest BCUT2D eigenvalue weighted by molar-refractivity contribution is 7.71. The van der Waals surface area contributed by atoms with Gasteiger partial charge in [0.25, 0.3) is 0 Å². The van der Waals surface area contributed by atoms with Gasteiger partial charge in [-0.15, -0.1) is 0 Å². The van der Waals surface area contributed by atoms with Crippen molar-refractivity contribution < 1.29 is 0 Å². The van der Waals surface area contributed by atoms with Gasteiger partial charge in [0, 0.05) is 17.5 Å². The smallest absolute Gasteiger partial charge is 0.216 e. The Labute approximate surface area is 132 Å². The Morgan fingerprint density at radius 2 is 2.09 bits per heavy atom. The summed E-state index contributed by atoms with van der Waals surface area (Å²) < 4.78 is 2.14. The van der Waals surface area contributed by atoms with Gasteiger partial charge in [0.2, 0.25) is 4.77 Å². The number of nitrogens with zero attached hydrogens (tertiary/aromatic N) is 4. The Balaban J connectivity index is 1.93. The van der Waals surface area contributed by atoms with E-state index < -0.39 is 0 Å². The van der Waals surface area contributed by atoms with Crippen molar-refractivity contribution in [3.63, 3.8) is 0 Å². The molecule has 0 aliphatic carbocycles. The standard InChI is InChI=1S/C15H16N6S/c1-2-6-13-18-20-15(22)21(13)17-10-12-9-16-19-14(12)11-7-4-3-5-8-11/h3-5,7-10H,2,6H2,1H3,(H,16,19)(H,20,22)/b17-10+. The lowest BCUT2D eigenvalue weighted by Crippen LogP contribution is -1.98. The molecular formula is C15H16N6S. The first-order valence-corrected chi connectivity index (χ1v) is 7.50. The average molecular weight is 312 g/mol. The van der Waals surface area contributed by atoms with Gasteiger partial charge in [0.05, 0.1) is 18.1 Å². The summed E-state index contributed by atoms with van der Waals surface area (Å²) >= 11 is 5.22. The lowest BCUT2D eigenvalue weighted by Gasteiger charge is -2.00. The second-order valence-electron chi connectivity index (χ2n) is 4.82. The maximum Gasteiger partial charge on any atom is 0.216 e. The SMILES string of the molecule is CCCc1n[nH]c(=S)n1/N=C/c1cn[nH]c1-c1ccccc1. The summed E-state index contributed by atoms with van der Waals surface area (Å²) in [5.41, 5.74) is 2.89. The summed E-state index contributed by atoms with van der Waals surface area (Å²) in [6, 6.07) is 10.0. The zero-order valence-electron chi connectivity index (χ0n) is 12.2. The van der Waals surface area contributed by atoms with Crippen LogP contribution in [-0.4, -0.2) is 31.3 Å². The second kappa shape index (κ2) is 6.48. The van der Waals surface area contributed by atoms with Crippen LogP contribution in [0.3, 0.4) is 0 Å². The summed E-state index contributed by atoms with van der Waals surface area (Å²) in [5, 5.41) is 18.5. The van der Waals surface area contributed by atoms with Gasteiger partial charge in [-0.3, -0.25) is 10.2 Å². The van der Waals surface area contributed by atoms with E-state index in [4.69, 9.17) is 12.2 Å². The van der Waals surface area contributed by atoms with Crippen molar-refractivity contribution >= 4 is 18.4 Å². The maximum absolute atomic E-state index is 5.22. The highest BCUT2D eigenvalue weighted by Crippen LogP contribution is 2.19. The summed E-state index contributed by atoms with van der Waals surface area (Å²) in [6.45, 7) is 2.09. The minimum atomic E-state index is 0.490. The van der Waals surface area contributed by atoms with Gasteiger partial charge in [0.1, 0.15) is 0 Å². The second-order valence-corrected chi connectivity index (χ2v) is 5.20. The monoisotopic (exact) mass is 312 g/mol. The fourth-order valence-corrected chi connectivity index (χ4v) is 2.38. The molecule has 7 heteroatoms. The Kier molecular flexibility index (Phi) is 4.24. The molecule has 2 N–H and O–H groups in total. The molecule has 0 saturated carbocycles. The zero-order valence-corrected chi connectivity index (χ0v) is 13.0. The number of hydrogen-bond donors (Lipinski definition) is 2. The molecule has 0 amide bonds. The highest BCUT2D eigenvalue weighted by Gasteiger charge is 2.07. The van der Waals surface area contributed by atoms with Crippen LogP contribution in [0.1, 0.15) is 24.7 Å². The lowest BCUT2D eigenvalue weighted by molar-refractivity contribution is 0.740. The Bertz CT molecular complexity index is 827. The summed E-state index contributed by atoms with van der Waals surface area (Å²) in [6.07, 6.45) is 5.29. The first-order valence-electron chi connectivity index (χ1n) is 7.09. The van der Waals surface area contributed by atoms with Gasteiger partial charge in [-0.25, -0.2) is 0 Å². The van der Waals surface area contributed by atoms with E-state index in [0.29, 0.717) is 4.77 Å². The Morgan fingerprint density at radius 3 is 2.86 bits per heavy atom. The predicted molar refractivity (Wildman–Crippen MR) is 88.4 cm³/mol. The third-order valence-corrected chi connectivity index (χ3v) is 3.50. The molecular weight excluding hydrogens is 296 g/mol. The fraction of sp³-hybridized carbons (Fsp3) is 0.200. The van der Waals surface area contributed by atoms with Crippen molar-refractivity contribution in [2.24, 2.45) is 5.10 Å². The van der Waals surface area contributed by atoms with Gasteiger partial charge in [-0.2, -0.15) is 20.0 Å². The quantitative estimate of drug-likeness (QED) is 0.561. The van der Waals surface area contributed by atoms with Crippen molar-refractivity contribution in [3.8, 4) is 11.3 Å². The number of aromatic amines is 2. The molecule has 1 aromatic carbocycles. The number of aryl methyl sites for hydroxylation is 1. The van der Waals surface area contributed by atoms with E-state index >= 15 is 0 Å². The van der Waals surface area contributed by atoms with Gasteiger partial charge in [-0.05, 0) is 18.6 Å². The van der Waals surface area contributed by atoms with Crippen LogP contribution >= 0.6 is 12.2 Å². The van der Waals surface area contributed by atoms with Gasteiger partial charge >= 0.3 is 0 Å². The molecule has 22 heavy (non-hydrogen) atoms. The largest absolute Gasteiger partial charge is 0.277 e. The van der Waals surface area contributed by atoms with Crippen LogP contribution in [0.5, 0.6) is 0 Å². The minimum absolute atomic E-state index is 0.490. The Hall–Kier alpha value is -2.54. The van der Waals surface area contributed by atoms with Crippen molar-refractivity contribution in [2.75, 3.05) is 0 Å². The van der Waals surface area contributed by atoms with E-state index in [1.807, 2.05) is 30.3 Å². The zero-order chi connectivity index (χ0) is 15.4. The Morgan fingerprint density at radius 1 is 1.27 bits per heavy atom. The van der Waals surface area contributed by atoms with Crippen molar-refractivity contribution in [1.29, 1.82) is 0 Å². The predicted octanol–water partition coefficient (Wildman–Crippen LogP) is 3.17. The first-order chi connectivity index (χ1) is 10.8. The number of benzene rings is 1. The number of H-pyrrole nitrogens is 2. The molecule has 0 fully saturated rings. The first kappa shape index (κ1) is 14.4. The normalized spacial score (nSPS) is 11.3. The van der Waals surface area contributed by atoms with E-state index in [1.54, 1.807) is 17.1 Å². The molecule has 0 radical (unpaired) electrons. The van der Waals surface area contributed by atoms with E-state index in [1.165, 1.54) is 0 Å². The van der Waals surface area contributed by atoms with E-state index in [-0.39, 0.29) is 0 Å². The third-order valence-electron chi connectivity index (χ3n) is 3.23. The van der Waals surface area contributed by atoms with Crippen LogP contribution in [0, 0.1) is 4.77 Å². The molecule has 2 aromatic heterocycles. The molecule has 2 heterocycles. The lowest BCUT2D eigenvalue weighted by atomic mass is 10.1. The molecule has 112 valence electrons. The van der Waals surface area contributed by atoms with Crippen LogP contribution in [0.4, 0.5) is 0 Å². The van der Waals surface area contributed by atoms with Gasteiger partial charge < -0.3 is 0 Å². The third kappa shape index (κ3) is 2.89. The molecule has 0 aliphatic heterocycles. The summed E-state index contributed by atoms with van der Waals surface area (Å²) in [7, 11) is 0. The molecule has 0 atom stereocenters. The summed E-state index contributed by atoms with van der Waals surface area (Å²) in [4.78, 5) is 0. The van der Waals surface area contributed by atoms with Crippen LogP contribution in [0.2, 0.25) is 0 Å². The van der Waals surface area contributed by atoms with Crippen LogP contribution < -0.4 is 0 Å². The molecule has 6 nitrogen and oxygen atoms in total. The average Bonchev–Trinajstić information content (AvgIpc) is 3.14. The van der Waals surface area contributed by atoms with Crippen LogP contribution in [0.25, 0.3) is 11.3 Å². The molecule has 3 rings (SSSR count). The van der Waals surface area contributed by atoms with Crippen molar-refractivity contribution in [2.45, 2.75) is 19.8 Å². The number of hydrogen-bond acceptors (Lipinski definition) is 4. The molecule has 0 saturated heterocycles. The van der Waals surface area contributed by atoms with Crippen LogP contribution in [-0.2, 0) is 6.42 Å². The van der Waals surface area contributed by atoms with Crippen molar-refractivity contribution in [3.05, 3.63) is 52.7 Å². The van der Waals surface area contributed by atoms with Gasteiger partial charge in [0.15, 0.2) is 5.82 Å². The van der Waals surface area contributed by atoms with E-state index in [9.17, 15) is 0 Å². The number of nitrogens with one attached hydrogen (secondary N) is 2. The van der Waals surface area contributed by atoms with Crippen LogP contribution in [0.15, 0.2) is 41.6 Å². The highest BCUT2D eigenvalue weighted by atomic mass is 32.1. The molecule has 0 spiro atoms. The number of rotatable bonds is 5. The fourth-order valence-electron chi connectivity index (χ4n) is 2.18. The topological polar surface area (TPSA) is 74.7 Å². The molecule has 0 unspecified atom stereocenters. The minimum Gasteiger partial charge on any atom is -0.277 e. The molecule has 0 aliphatic rings. The maximum atomic E-state index is 5.22. The molecule has 0 bridgehead atoms. The van der Waals surface area contributed by atoms with Crippen molar-refractivity contribution in [1.82, 2.24) is 25.1 Å². The van der Waals surface area contributed by atoms with E-state index in [2.05, 4.69) is 32.4 Å². The molecule has 3 aromatic rings. The number of aromatic nitrogens is 5.